The van der Waals surface area contributed by atoms with E-state index < -0.39 is 10.0 Å². The topological polar surface area (TPSA) is 66.5 Å². The molecule has 0 aromatic heterocycles. The normalized spacial score (nSPS) is 19.6. The minimum Gasteiger partial charge on any atom is -0.353 e. The number of hydrogen-bond acceptors (Lipinski definition) is 3. The van der Waals surface area contributed by atoms with E-state index in [1.807, 2.05) is 69.3 Å². The van der Waals surface area contributed by atoms with Gasteiger partial charge in [0.15, 0.2) is 0 Å². The summed E-state index contributed by atoms with van der Waals surface area (Å²) in [4.78, 5) is 13.2. The second kappa shape index (κ2) is 8.35. The van der Waals surface area contributed by atoms with Crippen LogP contribution in [0.2, 0.25) is 0 Å². The summed E-state index contributed by atoms with van der Waals surface area (Å²) in [5.74, 6) is -0.417. The lowest BCUT2D eigenvalue weighted by molar-refractivity contribution is -0.123. The highest BCUT2D eigenvalue weighted by molar-refractivity contribution is 7.92. The van der Waals surface area contributed by atoms with Crippen LogP contribution in [0.4, 0.5) is 5.69 Å². The average molecular weight is 437 g/mol. The molecule has 6 heteroatoms. The van der Waals surface area contributed by atoms with Crippen LogP contribution in [0.5, 0.6) is 0 Å². The molecule has 0 spiro atoms. The molecule has 0 aliphatic carbocycles. The van der Waals surface area contributed by atoms with Crippen LogP contribution in [0.25, 0.3) is 10.8 Å². The van der Waals surface area contributed by atoms with Crippen LogP contribution in [0.1, 0.15) is 45.1 Å². The molecule has 0 unspecified atom stereocenters. The van der Waals surface area contributed by atoms with Gasteiger partial charge < -0.3 is 5.32 Å². The van der Waals surface area contributed by atoms with Crippen LogP contribution in [-0.2, 0) is 14.8 Å². The van der Waals surface area contributed by atoms with E-state index in [2.05, 4.69) is 5.32 Å². The summed E-state index contributed by atoms with van der Waals surface area (Å²) in [6.45, 7) is 5.88. The number of para-hydroxylation sites is 1. The quantitative estimate of drug-likeness (QED) is 0.623. The molecule has 0 radical (unpaired) electrons. The number of nitrogens with zero attached hydrogens (tertiary/aromatic N) is 1. The maximum absolute atomic E-state index is 13.7. The number of rotatable bonds is 5. The van der Waals surface area contributed by atoms with Crippen LogP contribution in [0, 0.1) is 0 Å². The lowest BCUT2D eigenvalue weighted by atomic mass is 9.86. The number of benzene rings is 3. The van der Waals surface area contributed by atoms with E-state index in [0.29, 0.717) is 12.1 Å². The SMILES string of the molecule is CC[C@@H](C)NC(=O)[C@@H]1C[C@@H](C)N(S(=O)(=O)c2ccc3ccccc3c2)c2ccccc21. The van der Waals surface area contributed by atoms with Crippen LogP contribution in [0.3, 0.4) is 0 Å². The minimum atomic E-state index is -3.79. The Hall–Kier alpha value is -2.86. The van der Waals surface area contributed by atoms with E-state index in [0.717, 1.165) is 22.8 Å². The van der Waals surface area contributed by atoms with Gasteiger partial charge in [-0.1, -0.05) is 55.5 Å². The van der Waals surface area contributed by atoms with Crippen molar-refractivity contribution >= 4 is 32.4 Å². The molecule has 5 nitrogen and oxygen atoms in total. The van der Waals surface area contributed by atoms with Gasteiger partial charge in [-0.15, -0.1) is 0 Å². The average Bonchev–Trinajstić information content (AvgIpc) is 2.77. The Kier molecular flexibility index (Phi) is 5.75. The lowest BCUT2D eigenvalue weighted by Gasteiger charge is -2.39. The van der Waals surface area contributed by atoms with Crippen molar-refractivity contribution < 1.29 is 13.2 Å². The first-order valence-electron chi connectivity index (χ1n) is 10.8. The summed E-state index contributed by atoms with van der Waals surface area (Å²) < 4.78 is 28.9. The molecule has 0 fully saturated rings. The number of fused-ring (bicyclic) bond motifs is 2. The number of amides is 1. The van der Waals surface area contributed by atoms with Crippen molar-refractivity contribution in [2.75, 3.05) is 4.31 Å². The fraction of sp³-hybridized carbons (Fsp3) is 0.320. The molecule has 1 aliphatic heterocycles. The van der Waals surface area contributed by atoms with Gasteiger partial charge in [0.1, 0.15) is 0 Å². The number of hydrogen-bond donors (Lipinski definition) is 1. The summed E-state index contributed by atoms with van der Waals surface area (Å²) in [7, 11) is -3.79. The molecule has 1 N–H and O–H groups in total. The molecule has 0 bridgehead atoms. The van der Waals surface area contributed by atoms with Crippen LogP contribution in [-0.4, -0.2) is 26.4 Å². The van der Waals surface area contributed by atoms with Crippen LogP contribution in [0.15, 0.2) is 71.6 Å². The first kappa shape index (κ1) is 21.4. The van der Waals surface area contributed by atoms with Gasteiger partial charge >= 0.3 is 0 Å². The molecule has 1 amide bonds. The number of anilines is 1. The summed E-state index contributed by atoms with van der Waals surface area (Å²) in [5, 5.41) is 4.94. The Morgan fingerprint density at radius 2 is 1.74 bits per heavy atom. The number of carbonyl (C=O) groups excluding carboxylic acids is 1. The standard InChI is InChI=1S/C25H28N2O3S/c1-4-17(2)26-25(28)23-15-18(3)27(24-12-8-7-11-22(23)24)31(29,30)21-14-13-19-9-5-6-10-20(19)16-21/h5-14,16-18,23H,4,15H2,1-3H3,(H,26,28)/t17-,18-,23-/m1/s1. The molecule has 0 saturated carbocycles. The maximum Gasteiger partial charge on any atom is 0.264 e. The first-order valence-corrected chi connectivity index (χ1v) is 12.2. The number of nitrogens with one attached hydrogen (secondary N) is 1. The zero-order valence-electron chi connectivity index (χ0n) is 18.1. The van der Waals surface area contributed by atoms with Gasteiger partial charge in [0.2, 0.25) is 5.91 Å². The van der Waals surface area contributed by atoms with Crippen molar-refractivity contribution in [2.24, 2.45) is 0 Å². The third-order valence-electron chi connectivity index (χ3n) is 6.12. The fourth-order valence-corrected chi connectivity index (χ4v) is 6.01. The molecular weight excluding hydrogens is 408 g/mol. The van der Waals surface area contributed by atoms with E-state index in [1.54, 1.807) is 18.2 Å². The predicted octanol–water partition coefficient (Wildman–Crippen LogP) is 4.83. The zero-order valence-corrected chi connectivity index (χ0v) is 18.9. The Labute approximate surface area is 184 Å². The fourth-order valence-electron chi connectivity index (χ4n) is 4.29. The van der Waals surface area contributed by atoms with E-state index in [4.69, 9.17) is 0 Å². The molecule has 3 aromatic carbocycles. The maximum atomic E-state index is 13.7. The summed E-state index contributed by atoms with van der Waals surface area (Å²) in [5.41, 5.74) is 1.34. The minimum absolute atomic E-state index is 0.0450. The molecule has 3 aromatic rings. The molecule has 1 heterocycles. The second-order valence-corrected chi connectivity index (χ2v) is 10.1. The van der Waals surface area contributed by atoms with Crippen molar-refractivity contribution in [1.82, 2.24) is 5.32 Å². The monoisotopic (exact) mass is 436 g/mol. The summed E-state index contributed by atoms with van der Waals surface area (Å²) in [6, 6.07) is 20.0. The summed E-state index contributed by atoms with van der Waals surface area (Å²) in [6.07, 6.45) is 1.28. The molecule has 3 atom stereocenters. The highest BCUT2D eigenvalue weighted by atomic mass is 32.2. The van der Waals surface area contributed by atoms with Gasteiger partial charge in [0, 0.05) is 12.1 Å². The number of sulfonamides is 1. The highest BCUT2D eigenvalue weighted by Crippen LogP contribution is 2.41. The molecule has 0 saturated heterocycles. The van der Waals surface area contributed by atoms with Gasteiger partial charge in [-0.05, 0) is 61.2 Å². The van der Waals surface area contributed by atoms with E-state index in [1.165, 1.54) is 4.31 Å². The molecular formula is C25H28N2O3S. The largest absolute Gasteiger partial charge is 0.353 e. The van der Waals surface area contributed by atoms with Gasteiger partial charge in [-0.25, -0.2) is 8.42 Å². The van der Waals surface area contributed by atoms with Crippen molar-refractivity contribution in [3.8, 4) is 0 Å². The van der Waals surface area contributed by atoms with Crippen molar-refractivity contribution in [1.29, 1.82) is 0 Å². The Morgan fingerprint density at radius 1 is 1.06 bits per heavy atom. The third-order valence-corrected chi connectivity index (χ3v) is 8.05. The van der Waals surface area contributed by atoms with Gasteiger partial charge in [0.05, 0.1) is 16.5 Å². The second-order valence-electron chi connectivity index (χ2n) is 8.32. The molecule has 31 heavy (non-hydrogen) atoms. The smallest absolute Gasteiger partial charge is 0.264 e. The van der Waals surface area contributed by atoms with Crippen molar-refractivity contribution in [2.45, 2.75) is 56.5 Å². The van der Waals surface area contributed by atoms with Crippen molar-refractivity contribution in [3.63, 3.8) is 0 Å². The van der Waals surface area contributed by atoms with E-state index >= 15 is 0 Å². The third kappa shape index (κ3) is 3.92. The van der Waals surface area contributed by atoms with E-state index in [9.17, 15) is 13.2 Å². The van der Waals surface area contributed by atoms with Gasteiger partial charge in [-0.3, -0.25) is 9.10 Å². The molecule has 4 rings (SSSR count). The van der Waals surface area contributed by atoms with Gasteiger partial charge in [0.25, 0.3) is 10.0 Å². The number of carbonyl (C=O) groups is 1. The highest BCUT2D eigenvalue weighted by Gasteiger charge is 2.40. The zero-order chi connectivity index (χ0) is 22.2. The Balaban J connectivity index is 1.76. The predicted molar refractivity (Wildman–Crippen MR) is 125 cm³/mol. The Bertz CT molecular complexity index is 1220. The molecule has 1 aliphatic rings. The van der Waals surface area contributed by atoms with Crippen LogP contribution < -0.4 is 9.62 Å². The Morgan fingerprint density at radius 3 is 2.48 bits per heavy atom. The molecule has 162 valence electrons. The van der Waals surface area contributed by atoms with Gasteiger partial charge in [-0.2, -0.15) is 0 Å². The lowest BCUT2D eigenvalue weighted by Crippen LogP contribution is -2.46. The van der Waals surface area contributed by atoms with Crippen molar-refractivity contribution in [3.05, 3.63) is 72.3 Å². The van der Waals surface area contributed by atoms with E-state index in [-0.39, 0.29) is 28.8 Å². The van der Waals surface area contributed by atoms with Crippen LogP contribution >= 0.6 is 0 Å². The summed E-state index contributed by atoms with van der Waals surface area (Å²) >= 11 is 0. The first-order chi connectivity index (χ1) is 14.8.